The van der Waals surface area contributed by atoms with Crippen molar-refractivity contribution >= 4 is 19.1 Å². The normalized spacial score (nSPS) is 29.0. The Bertz CT molecular complexity index is 509. The summed E-state index contributed by atoms with van der Waals surface area (Å²) in [4.78, 5) is 24.0. The first-order valence-electron chi connectivity index (χ1n) is 7.83. The molecule has 0 aromatic carbocycles. The molecule has 1 fully saturated rings. The van der Waals surface area contributed by atoms with Gasteiger partial charge in [-0.05, 0) is 46.0 Å². The molecule has 1 saturated heterocycles. The molecule has 0 spiro atoms. The molecule has 128 valence electrons. The van der Waals surface area contributed by atoms with Gasteiger partial charge < -0.3 is 18.8 Å². The van der Waals surface area contributed by atoms with E-state index in [1.54, 1.807) is 0 Å². The summed E-state index contributed by atoms with van der Waals surface area (Å²) in [6.07, 6.45) is 2.69. The second-order valence-electron chi connectivity index (χ2n) is 7.07. The zero-order valence-corrected chi connectivity index (χ0v) is 14.7. The maximum atomic E-state index is 12.1. The first-order valence-corrected chi connectivity index (χ1v) is 7.83. The van der Waals surface area contributed by atoms with Crippen molar-refractivity contribution in [3.8, 4) is 0 Å². The van der Waals surface area contributed by atoms with Crippen molar-refractivity contribution in [3.63, 3.8) is 0 Å². The summed E-state index contributed by atoms with van der Waals surface area (Å²) in [5, 5.41) is 0. The number of methoxy groups -OCH3 is 2. The third-order valence-corrected chi connectivity index (χ3v) is 5.14. The van der Waals surface area contributed by atoms with Crippen molar-refractivity contribution in [1.29, 1.82) is 0 Å². The predicted molar refractivity (Wildman–Crippen MR) is 84.4 cm³/mol. The van der Waals surface area contributed by atoms with E-state index in [0.29, 0.717) is 12.8 Å². The predicted octanol–water partition coefficient (Wildman–Crippen LogP) is 1.92. The number of carbonyl (C=O) groups is 2. The van der Waals surface area contributed by atoms with Crippen LogP contribution in [0.15, 0.2) is 11.5 Å². The largest absolute Gasteiger partial charge is 0.490 e. The summed E-state index contributed by atoms with van der Waals surface area (Å²) in [5.41, 5.74) is -0.0177. The van der Waals surface area contributed by atoms with Crippen LogP contribution in [-0.2, 0) is 28.4 Å². The van der Waals surface area contributed by atoms with Crippen LogP contribution in [0.25, 0.3) is 0 Å². The summed E-state index contributed by atoms with van der Waals surface area (Å²) in [5.74, 6) is -1.92. The fourth-order valence-electron chi connectivity index (χ4n) is 2.92. The molecule has 23 heavy (non-hydrogen) atoms. The van der Waals surface area contributed by atoms with Crippen molar-refractivity contribution in [3.05, 3.63) is 11.5 Å². The van der Waals surface area contributed by atoms with Crippen LogP contribution >= 0.6 is 0 Å². The molecule has 0 aromatic rings. The second-order valence-corrected chi connectivity index (χ2v) is 7.07. The molecule has 0 N–H and O–H groups in total. The molecule has 0 bridgehead atoms. The van der Waals surface area contributed by atoms with Gasteiger partial charge in [-0.25, -0.2) is 0 Å². The zero-order valence-electron chi connectivity index (χ0n) is 14.7. The molecular formula is C16H25BO6. The molecule has 2 rings (SSSR count). The van der Waals surface area contributed by atoms with E-state index in [1.807, 2.05) is 33.8 Å². The van der Waals surface area contributed by atoms with Crippen LogP contribution in [-0.4, -0.2) is 44.5 Å². The Morgan fingerprint density at radius 2 is 1.52 bits per heavy atom. The van der Waals surface area contributed by atoms with Crippen molar-refractivity contribution < 1.29 is 28.4 Å². The minimum atomic E-state index is -0.577. The molecule has 7 heteroatoms. The van der Waals surface area contributed by atoms with Gasteiger partial charge in [0, 0.05) is 0 Å². The fourth-order valence-corrected chi connectivity index (χ4v) is 2.92. The number of rotatable bonds is 3. The van der Waals surface area contributed by atoms with Crippen LogP contribution in [0.1, 0.15) is 40.5 Å². The molecule has 6 nitrogen and oxygen atoms in total. The third-order valence-electron chi connectivity index (χ3n) is 5.14. The molecule has 2 aliphatic rings. The monoisotopic (exact) mass is 324 g/mol. The van der Waals surface area contributed by atoms with E-state index in [2.05, 4.69) is 0 Å². The van der Waals surface area contributed by atoms with E-state index in [9.17, 15) is 9.59 Å². The lowest BCUT2D eigenvalue weighted by Crippen LogP contribution is -2.41. The fraction of sp³-hybridized carbons (Fsp3) is 0.750. The van der Waals surface area contributed by atoms with Gasteiger partial charge in [-0.2, -0.15) is 0 Å². The Morgan fingerprint density at radius 1 is 1.04 bits per heavy atom. The first-order chi connectivity index (χ1) is 10.6. The Kier molecular flexibility index (Phi) is 4.92. The molecule has 1 aliphatic carbocycles. The lowest BCUT2D eigenvalue weighted by molar-refractivity contribution is -0.157. The van der Waals surface area contributed by atoms with Crippen LogP contribution in [0.5, 0.6) is 0 Å². The molecule has 0 saturated carbocycles. The lowest BCUT2D eigenvalue weighted by Gasteiger charge is -2.32. The lowest BCUT2D eigenvalue weighted by atomic mass is 9.66. The molecule has 1 aliphatic heterocycles. The molecule has 2 unspecified atom stereocenters. The van der Waals surface area contributed by atoms with E-state index in [1.165, 1.54) is 14.2 Å². The van der Waals surface area contributed by atoms with Crippen LogP contribution < -0.4 is 0 Å². The van der Waals surface area contributed by atoms with Crippen molar-refractivity contribution in [1.82, 2.24) is 0 Å². The van der Waals surface area contributed by atoms with Gasteiger partial charge in [0.05, 0.1) is 37.3 Å². The Balaban J connectivity index is 2.21. The van der Waals surface area contributed by atoms with E-state index in [-0.39, 0.29) is 0 Å². The molecule has 0 amide bonds. The summed E-state index contributed by atoms with van der Waals surface area (Å²) in [7, 11) is 2.14. The highest BCUT2D eigenvalue weighted by Crippen LogP contribution is 2.42. The van der Waals surface area contributed by atoms with E-state index in [0.717, 1.165) is 5.47 Å². The highest BCUT2D eigenvalue weighted by molar-refractivity contribution is 6.54. The van der Waals surface area contributed by atoms with Gasteiger partial charge in [0.25, 0.3) is 0 Å². The number of carbonyl (C=O) groups excluding carboxylic acids is 2. The second kappa shape index (κ2) is 6.28. The molecule has 0 aromatic heterocycles. The average Bonchev–Trinajstić information content (AvgIpc) is 2.73. The topological polar surface area (TPSA) is 71.1 Å². The number of hydrogen-bond donors (Lipinski definition) is 0. The average molecular weight is 324 g/mol. The first kappa shape index (κ1) is 18.0. The molecule has 0 radical (unpaired) electrons. The van der Waals surface area contributed by atoms with E-state index < -0.39 is 42.1 Å². The van der Waals surface area contributed by atoms with Gasteiger partial charge in [-0.1, -0.05) is 6.08 Å². The van der Waals surface area contributed by atoms with Crippen molar-refractivity contribution in [2.24, 2.45) is 11.8 Å². The van der Waals surface area contributed by atoms with Crippen LogP contribution in [0, 0.1) is 11.8 Å². The highest BCUT2D eigenvalue weighted by Gasteiger charge is 2.53. The van der Waals surface area contributed by atoms with Gasteiger partial charge >= 0.3 is 19.1 Å². The standard InChI is InChI=1S/C16H25BO6/c1-15(2)16(3,4)23-17(22-15)10-7-8-11(13(18)20-5)12(9-10)14(19)21-6/h7,11-12H,8-9H2,1-6H3. The van der Waals surface area contributed by atoms with Crippen molar-refractivity contribution in [2.75, 3.05) is 14.2 Å². The summed E-state index contributed by atoms with van der Waals surface area (Å²) in [6.45, 7) is 7.91. The van der Waals surface area contributed by atoms with Gasteiger partial charge in [0.1, 0.15) is 0 Å². The van der Waals surface area contributed by atoms with E-state index >= 15 is 0 Å². The minimum Gasteiger partial charge on any atom is -0.469 e. The SMILES string of the molecule is COC(=O)C1CC=C(B2OC(C)(C)C(C)(C)O2)CC1C(=O)OC. The van der Waals surface area contributed by atoms with Gasteiger partial charge in [-0.3, -0.25) is 9.59 Å². The zero-order chi connectivity index (χ0) is 17.4. The van der Waals surface area contributed by atoms with Crippen LogP contribution in [0.2, 0.25) is 0 Å². The smallest absolute Gasteiger partial charge is 0.469 e. The maximum Gasteiger partial charge on any atom is 0.490 e. The molecule has 2 atom stereocenters. The Hall–Kier alpha value is -1.34. The summed E-state index contributed by atoms with van der Waals surface area (Å²) < 4.78 is 21.7. The maximum absolute atomic E-state index is 12.1. The van der Waals surface area contributed by atoms with Gasteiger partial charge in [-0.15, -0.1) is 0 Å². The quantitative estimate of drug-likeness (QED) is 0.583. The highest BCUT2D eigenvalue weighted by atomic mass is 16.7. The van der Waals surface area contributed by atoms with Crippen molar-refractivity contribution in [2.45, 2.75) is 51.7 Å². The van der Waals surface area contributed by atoms with Crippen LogP contribution in [0.3, 0.4) is 0 Å². The van der Waals surface area contributed by atoms with E-state index in [4.69, 9.17) is 18.8 Å². The summed E-state index contributed by atoms with van der Waals surface area (Å²) in [6, 6.07) is 0. The molecule has 1 heterocycles. The minimum absolute atomic E-state index is 0.364. The number of hydrogen-bond acceptors (Lipinski definition) is 6. The van der Waals surface area contributed by atoms with Gasteiger partial charge in [0.2, 0.25) is 0 Å². The Labute approximate surface area is 137 Å². The third kappa shape index (κ3) is 3.31. The number of esters is 2. The Morgan fingerprint density at radius 3 is 2.00 bits per heavy atom. The van der Waals surface area contributed by atoms with Crippen LogP contribution in [0.4, 0.5) is 0 Å². The summed E-state index contributed by atoms with van der Waals surface area (Å²) >= 11 is 0. The number of ether oxygens (including phenoxy) is 2. The molecular weight excluding hydrogens is 299 g/mol. The number of allylic oxidation sites excluding steroid dienone is 2. The van der Waals surface area contributed by atoms with Gasteiger partial charge in [0.15, 0.2) is 0 Å².